The summed E-state index contributed by atoms with van der Waals surface area (Å²) in [6, 6.07) is 6.32. The van der Waals surface area contributed by atoms with Crippen molar-refractivity contribution in [3.63, 3.8) is 0 Å². The first-order valence-electron chi connectivity index (χ1n) is 5.02. The van der Waals surface area contributed by atoms with Crippen LogP contribution >= 0.6 is 15.9 Å². The number of methoxy groups -OCH3 is 1. The lowest BCUT2D eigenvalue weighted by Crippen LogP contribution is -2.14. The maximum Gasteiger partial charge on any atom is 0.122 e. The third kappa shape index (κ3) is 1.68. The van der Waals surface area contributed by atoms with Gasteiger partial charge in [-0.05, 0) is 36.0 Å². The van der Waals surface area contributed by atoms with Crippen LogP contribution in [0.4, 0.5) is 0 Å². The maximum absolute atomic E-state index is 5.39. The van der Waals surface area contributed by atoms with Crippen LogP contribution in [0.2, 0.25) is 0 Å². The van der Waals surface area contributed by atoms with Crippen molar-refractivity contribution in [1.29, 1.82) is 0 Å². The minimum atomic E-state index is 0.497. The quantitative estimate of drug-likeness (QED) is 0.695. The first-order valence-corrected chi connectivity index (χ1v) is 5.93. The van der Waals surface area contributed by atoms with Crippen LogP contribution in [0.5, 0.6) is 5.75 Å². The Bertz CT molecular complexity index is 335. The lowest BCUT2D eigenvalue weighted by Gasteiger charge is -2.27. The Balaban J connectivity index is 2.47. The first-order chi connectivity index (χ1) is 6.72. The number of benzene rings is 1. The topological polar surface area (TPSA) is 9.23 Å². The van der Waals surface area contributed by atoms with Crippen molar-refractivity contribution in [2.45, 2.75) is 24.6 Å². The van der Waals surface area contributed by atoms with Gasteiger partial charge in [0.05, 0.1) is 7.11 Å². The van der Waals surface area contributed by atoms with Gasteiger partial charge in [0.1, 0.15) is 5.75 Å². The van der Waals surface area contributed by atoms with Gasteiger partial charge in [0.25, 0.3) is 0 Å². The summed E-state index contributed by atoms with van der Waals surface area (Å²) in [6.45, 7) is 2.30. The van der Waals surface area contributed by atoms with Crippen LogP contribution in [0.15, 0.2) is 18.2 Å². The minimum Gasteiger partial charge on any atom is -0.496 e. The van der Waals surface area contributed by atoms with Gasteiger partial charge < -0.3 is 4.74 Å². The number of halogens is 1. The monoisotopic (exact) mass is 254 g/mol. The molecule has 0 saturated heterocycles. The molecule has 2 atom stereocenters. The number of alkyl halides is 1. The molecule has 0 aliphatic heterocycles. The van der Waals surface area contributed by atoms with Crippen molar-refractivity contribution >= 4 is 15.9 Å². The number of ether oxygens (including phenoxy) is 1. The van der Waals surface area contributed by atoms with Gasteiger partial charge in [-0.15, -0.1) is 0 Å². The molecule has 2 heteroatoms. The van der Waals surface area contributed by atoms with Gasteiger partial charge in [-0.2, -0.15) is 0 Å². The third-order valence-electron chi connectivity index (χ3n) is 2.89. The van der Waals surface area contributed by atoms with Crippen molar-refractivity contribution in [2.24, 2.45) is 5.92 Å². The number of fused-ring (bicyclic) bond motifs is 1. The Hall–Kier alpha value is -0.500. The molecule has 0 bridgehead atoms. The first kappa shape index (κ1) is 10.0. The van der Waals surface area contributed by atoms with Gasteiger partial charge >= 0.3 is 0 Å². The van der Waals surface area contributed by atoms with Crippen molar-refractivity contribution in [3.05, 3.63) is 29.3 Å². The molecule has 2 rings (SSSR count). The van der Waals surface area contributed by atoms with E-state index in [1.54, 1.807) is 7.11 Å². The van der Waals surface area contributed by atoms with E-state index in [-0.39, 0.29) is 0 Å². The highest BCUT2D eigenvalue weighted by atomic mass is 79.9. The van der Waals surface area contributed by atoms with E-state index >= 15 is 0 Å². The average Bonchev–Trinajstić information content (AvgIpc) is 2.17. The zero-order valence-corrected chi connectivity index (χ0v) is 10.2. The second-order valence-electron chi connectivity index (χ2n) is 4.04. The largest absolute Gasteiger partial charge is 0.496 e. The Labute approximate surface area is 93.6 Å². The van der Waals surface area contributed by atoms with E-state index in [2.05, 4.69) is 41.1 Å². The molecule has 1 nitrogen and oxygen atoms in total. The van der Waals surface area contributed by atoms with Gasteiger partial charge in [0.2, 0.25) is 0 Å². The standard InChI is InChI=1S/C12H15BrO/c1-8-6-10-9(11(13)7-8)4-3-5-12(10)14-2/h3-5,8,11H,6-7H2,1-2H3. The zero-order valence-electron chi connectivity index (χ0n) is 8.59. The molecular formula is C12H15BrO. The van der Waals surface area contributed by atoms with Crippen LogP contribution < -0.4 is 4.74 Å². The molecule has 0 spiro atoms. The van der Waals surface area contributed by atoms with Crippen LogP contribution in [0.25, 0.3) is 0 Å². The Kier molecular flexibility index (Phi) is 2.82. The lowest BCUT2D eigenvalue weighted by molar-refractivity contribution is 0.397. The number of rotatable bonds is 1. The predicted octanol–water partition coefficient (Wildman–Crippen LogP) is 3.71. The maximum atomic E-state index is 5.39. The van der Waals surface area contributed by atoms with Crippen molar-refractivity contribution in [3.8, 4) is 5.75 Å². The highest BCUT2D eigenvalue weighted by Gasteiger charge is 2.24. The van der Waals surface area contributed by atoms with Crippen LogP contribution in [0.1, 0.15) is 29.3 Å². The summed E-state index contributed by atoms with van der Waals surface area (Å²) in [5.74, 6) is 1.78. The fourth-order valence-electron chi connectivity index (χ4n) is 2.20. The van der Waals surface area contributed by atoms with Gasteiger partial charge in [-0.1, -0.05) is 35.0 Å². The van der Waals surface area contributed by atoms with Gasteiger partial charge in [-0.3, -0.25) is 0 Å². The third-order valence-corrected chi connectivity index (χ3v) is 3.76. The van der Waals surface area contributed by atoms with Crippen molar-refractivity contribution in [1.82, 2.24) is 0 Å². The highest BCUT2D eigenvalue weighted by molar-refractivity contribution is 9.09. The molecule has 0 saturated carbocycles. The van der Waals surface area contributed by atoms with E-state index in [9.17, 15) is 0 Å². The summed E-state index contributed by atoms with van der Waals surface area (Å²) in [6.07, 6.45) is 2.36. The van der Waals surface area contributed by atoms with E-state index < -0.39 is 0 Å². The minimum absolute atomic E-state index is 0.497. The normalized spacial score (nSPS) is 25.6. The zero-order chi connectivity index (χ0) is 10.1. The fraction of sp³-hybridized carbons (Fsp3) is 0.500. The second-order valence-corrected chi connectivity index (χ2v) is 5.15. The summed E-state index contributed by atoms with van der Waals surface area (Å²) < 4.78 is 5.39. The van der Waals surface area contributed by atoms with E-state index in [4.69, 9.17) is 4.74 Å². The summed E-state index contributed by atoms with van der Waals surface area (Å²) in [5.41, 5.74) is 2.79. The molecule has 0 amide bonds. The van der Waals surface area contributed by atoms with E-state index in [1.165, 1.54) is 17.5 Å². The van der Waals surface area contributed by atoms with Crippen LogP contribution in [-0.2, 0) is 6.42 Å². The smallest absolute Gasteiger partial charge is 0.122 e. The molecule has 14 heavy (non-hydrogen) atoms. The Morgan fingerprint density at radius 3 is 2.93 bits per heavy atom. The van der Waals surface area contributed by atoms with E-state index in [0.29, 0.717) is 4.83 Å². The van der Waals surface area contributed by atoms with E-state index in [0.717, 1.165) is 18.1 Å². The molecule has 0 heterocycles. The van der Waals surface area contributed by atoms with Crippen LogP contribution in [-0.4, -0.2) is 7.11 Å². The molecule has 1 aliphatic rings. The Morgan fingerprint density at radius 1 is 1.43 bits per heavy atom. The van der Waals surface area contributed by atoms with Gasteiger partial charge in [0.15, 0.2) is 0 Å². The summed E-state index contributed by atoms with van der Waals surface area (Å²) in [5, 5.41) is 0. The average molecular weight is 255 g/mol. The van der Waals surface area contributed by atoms with Gasteiger partial charge in [-0.25, -0.2) is 0 Å². The predicted molar refractivity (Wildman–Crippen MR) is 62.1 cm³/mol. The molecule has 2 unspecified atom stereocenters. The van der Waals surface area contributed by atoms with Gasteiger partial charge in [0, 0.05) is 4.83 Å². The molecule has 0 N–H and O–H groups in total. The lowest BCUT2D eigenvalue weighted by atomic mass is 9.84. The summed E-state index contributed by atoms with van der Waals surface area (Å²) in [4.78, 5) is 0.497. The SMILES string of the molecule is COc1cccc2c1CC(C)CC2Br. The van der Waals surface area contributed by atoms with E-state index in [1.807, 2.05) is 0 Å². The van der Waals surface area contributed by atoms with Crippen molar-refractivity contribution in [2.75, 3.05) is 7.11 Å². The van der Waals surface area contributed by atoms with Crippen molar-refractivity contribution < 1.29 is 4.74 Å². The molecule has 76 valence electrons. The highest BCUT2D eigenvalue weighted by Crippen LogP contribution is 2.41. The fourth-order valence-corrected chi connectivity index (χ4v) is 3.26. The molecule has 0 radical (unpaired) electrons. The number of hydrogen-bond donors (Lipinski definition) is 0. The summed E-state index contributed by atoms with van der Waals surface area (Å²) in [7, 11) is 1.75. The molecule has 1 aromatic rings. The second kappa shape index (κ2) is 3.93. The van der Waals surface area contributed by atoms with Crippen LogP contribution in [0, 0.1) is 5.92 Å². The Morgan fingerprint density at radius 2 is 2.21 bits per heavy atom. The molecule has 1 aliphatic carbocycles. The molecule has 0 fully saturated rings. The van der Waals surface area contributed by atoms with Crippen LogP contribution in [0.3, 0.4) is 0 Å². The molecule has 1 aromatic carbocycles. The molecular weight excluding hydrogens is 240 g/mol. The number of hydrogen-bond acceptors (Lipinski definition) is 1. The molecule has 0 aromatic heterocycles. The summed E-state index contributed by atoms with van der Waals surface area (Å²) >= 11 is 3.74.